The molecule has 3 nitrogen and oxygen atoms in total. The van der Waals surface area contributed by atoms with Crippen molar-refractivity contribution >= 4 is 0 Å². The Kier molecular flexibility index (Phi) is 8.48. The van der Waals surface area contributed by atoms with Crippen molar-refractivity contribution in [2.45, 2.75) is 26.2 Å². The van der Waals surface area contributed by atoms with Gasteiger partial charge in [-0.1, -0.05) is 19.8 Å². The number of nitrogens with zero attached hydrogens (tertiary/aromatic N) is 1. The minimum Gasteiger partial charge on any atom is -0.351 e. The van der Waals surface area contributed by atoms with Crippen LogP contribution >= 0.6 is 0 Å². The van der Waals surface area contributed by atoms with Crippen LogP contribution in [0, 0.1) is 0 Å². The van der Waals surface area contributed by atoms with Gasteiger partial charge in [-0.15, -0.1) is 0 Å². The SMILES string of the molecule is CCCCCN.c1c[nH]cn1. The zero-order valence-corrected chi connectivity index (χ0v) is 7.09. The highest BCUT2D eigenvalue weighted by Crippen LogP contribution is 1.88. The van der Waals surface area contributed by atoms with E-state index in [4.69, 9.17) is 5.73 Å². The van der Waals surface area contributed by atoms with Crippen LogP contribution in [0.5, 0.6) is 0 Å². The van der Waals surface area contributed by atoms with Crippen LogP contribution in [0.1, 0.15) is 26.2 Å². The first-order chi connectivity index (χ1) is 5.41. The normalized spacial score (nSPS) is 8.55. The van der Waals surface area contributed by atoms with E-state index in [1.54, 1.807) is 18.7 Å². The van der Waals surface area contributed by atoms with E-state index in [0.29, 0.717) is 0 Å². The highest BCUT2D eigenvalue weighted by atomic mass is 14.8. The number of aromatic nitrogens is 2. The molecule has 0 bridgehead atoms. The molecular formula is C8H17N3. The molecule has 0 fully saturated rings. The minimum atomic E-state index is 0.855. The molecule has 0 spiro atoms. The van der Waals surface area contributed by atoms with Crippen molar-refractivity contribution < 1.29 is 0 Å². The van der Waals surface area contributed by atoms with E-state index in [9.17, 15) is 0 Å². The lowest BCUT2D eigenvalue weighted by Gasteiger charge is -1.86. The van der Waals surface area contributed by atoms with E-state index in [1.165, 1.54) is 19.3 Å². The number of hydrogen-bond donors (Lipinski definition) is 2. The minimum absolute atomic E-state index is 0.855. The smallest absolute Gasteiger partial charge is 0.0919 e. The second-order valence-corrected chi connectivity index (χ2v) is 2.26. The summed E-state index contributed by atoms with van der Waals surface area (Å²) in [6, 6.07) is 0. The maximum absolute atomic E-state index is 5.21. The lowest BCUT2D eigenvalue weighted by Crippen LogP contribution is -1.96. The number of aromatic amines is 1. The van der Waals surface area contributed by atoms with Crippen LogP contribution < -0.4 is 5.73 Å². The van der Waals surface area contributed by atoms with Crippen molar-refractivity contribution in [2.24, 2.45) is 5.73 Å². The van der Waals surface area contributed by atoms with Gasteiger partial charge in [0.2, 0.25) is 0 Å². The first kappa shape index (κ1) is 10.2. The number of rotatable bonds is 3. The first-order valence-electron chi connectivity index (χ1n) is 4.04. The summed E-state index contributed by atoms with van der Waals surface area (Å²) in [5.41, 5.74) is 5.21. The number of imidazole rings is 1. The molecule has 0 unspecified atom stereocenters. The Hall–Kier alpha value is -0.830. The molecule has 3 heteroatoms. The monoisotopic (exact) mass is 155 g/mol. The molecule has 3 N–H and O–H groups in total. The van der Waals surface area contributed by atoms with Crippen LogP contribution in [0.25, 0.3) is 0 Å². The van der Waals surface area contributed by atoms with E-state index in [-0.39, 0.29) is 0 Å². The summed E-state index contributed by atoms with van der Waals surface area (Å²) in [5, 5.41) is 0. The topological polar surface area (TPSA) is 54.7 Å². The molecule has 0 aliphatic rings. The second-order valence-electron chi connectivity index (χ2n) is 2.26. The maximum atomic E-state index is 5.21. The molecule has 0 saturated heterocycles. The van der Waals surface area contributed by atoms with Gasteiger partial charge >= 0.3 is 0 Å². The summed E-state index contributed by atoms with van der Waals surface area (Å²) in [6.45, 7) is 3.03. The van der Waals surface area contributed by atoms with Crippen molar-refractivity contribution in [1.82, 2.24) is 9.97 Å². The summed E-state index contributed by atoms with van der Waals surface area (Å²) in [4.78, 5) is 6.42. The predicted octanol–water partition coefficient (Wildman–Crippen LogP) is 1.54. The molecule has 0 aliphatic heterocycles. The molecule has 0 aliphatic carbocycles. The molecule has 0 aromatic carbocycles. The molecule has 0 amide bonds. The average Bonchev–Trinajstić information content (AvgIpc) is 2.57. The molecule has 0 atom stereocenters. The quantitative estimate of drug-likeness (QED) is 0.650. The van der Waals surface area contributed by atoms with Gasteiger partial charge in [0.1, 0.15) is 0 Å². The Bertz CT molecular complexity index is 105. The van der Waals surface area contributed by atoms with Crippen molar-refractivity contribution in [3.8, 4) is 0 Å². The molecule has 11 heavy (non-hydrogen) atoms. The third-order valence-corrected chi connectivity index (χ3v) is 1.21. The molecule has 0 radical (unpaired) electrons. The van der Waals surface area contributed by atoms with Gasteiger partial charge in [-0.3, -0.25) is 0 Å². The van der Waals surface area contributed by atoms with Gasteiger partial charge in [-0.2, -0.15) is 0 Å². The molecular weight excluding hydrogens is 138 g/mol. The molecule has 0 saturated carbocycles. The number of hydrogen-bond acceptors (Lipinski definition) is 2. The average molecular weight is 155 g/mol. The molecule has 1 aromatic heterocycles. The molecule has 1 rings (SSSR count). The number of nitrogens with one attached hydrogen (secondary N) is 1. The van der Waals surface area contributed by atoms with Crippen LogP contribution in [0.3, 0.4) is 0 Å². The summed E-state index contributed by atoms with van der Waals surface area (Å²) in [6.07, 6.45) is 8.84. The largest absolute Gasteiger partial charge is 0.351 e. The molecule has 64 valence electrons. The van der Waals surface area contributed by atoms with E-state index in [1.807, 2.05) is 0 Å². The van der Waals surface area contributed by atoms with Crippen molar-refractivity contribution in [1.29, 1.82) is 0 Å². The van der Waals surface area contributed by atoms with E-state index >= 15 is 0 Å². The van der Waals surface area contributed by atoms with Gasteiger partial charge in [0.25, 0.3) is 0 Å². The number of nitrogens with two attached hydrogens (primary N) is 1. The predicted molar refractivity (Wildman–Crippen MR) is 47.2 cm³/mol. The van der Waals surface area contributed by atoms with Gasteiger partial charge in [-0.25, -0.2) is 4.98 Å². The van der Waals surface area contributed by atoms with Crippen molar-refractivity contribution in [2.75, 3.05) is 6.54 Å². The zero-order chi connectivity index (χ0) is 8.36. The van der Waals surface area contributed by atoms with E-state index in [2.05, 4.69) is 16.9 Å². The Labute approximate surface area is 68.0 Å². The van der Waals surface area contributed by atoms with Gasteiger partial charge in [0.05, 0.1) is 6.33 Å². The summed E-state index contributed by atoms with van der Waals surface area (Å²) >= 11 is 0. The van der Waals surface area contributed by atoms with E-state index in [0.717, 1.165) is 6.54 Å². The highest BCUT2D eigenvalue weighted by Gasteiger charge is 1.75. The van der Waals surface area contributed by atoms with Gasteiger partial charge in [0.15, 0.2) is 0 Å². The Balaban J connectivity index is 0.000000183. The van der Waals surface area contributed by atoms with Crippen LogP contribution in [0.4, 0.5) is 0 Å². The molecule has 1 aromatic rings. The van der Waals surface area contributed by atoms with Gasteiger partial charge in [-0.05, 0) is 13.0 Å². The standard InChI is InChI=1S/C5H13N.C3H4N2/c1-2-3-4-5-6;1-2-5-3-4-1/h2-6H2,1H3;1-3H,(H,4,5). The first-order valence-corrected chi connectivity index (χ1v) is 4.04. The molecule has 1 heterocycles. The Morgan fingerprint density at radius 2 is 2.27 bits per heavy atom. The van der Waals surface area contributed by atoms with Gasteiger partial charge in [0, 0.05) is 12.4 Å². The van der Waals surface area contributed by atoms with Crippen LogP contribution in [-0.4, -0.2) is 16.5 Å². The second kappa shape index (κ2) is 9.17. The third-order valence-electron chi connectivity index (χ3n) is 1.21. The van der Waals surface area contributed by atoms with Crippen LogP contribution in [0.2, 0.25) is 0 Å². The lowest BCUT2D eigenvalue weighted by atomic mass is 10.3. The zero-order valence-electron chi connectivity index (χ0n) is 7.09. The lowest BCUT2D eigenvalue weighted by molar-refractivity contribution is 0.727. The van der Waals surface area contributed by atoms with Gasteiger partial charge < -0.3 is 10.7 Å². The fourth-order valence-corrected chi connectivity index (χ4v) is 0.610. The van der Waals surface area contributed by atoms with Crippen LogP contribution in [0.15, 0.2) is 18.7 Å². The maximum Gasteiger partial charge on any atom is 0.0919 e. The fourth-order valence-electron chi connectivity index (χ4n) is 0.610. The number of unbranched alkanes of at least 4 members (excludes halogenated alkanes) is 2. The third kappa shape index (κ3) is 9.17. The van der Waals surface area contributed by atoms with E-state index < -0.39 is 0 Å². The summed E-state index contributed by atoms with van der Waals surface area (Å²) in [7, 11) is 0. The summed E-state index contributed by atoms with van der Waals surface area (Å²) in [5.74, 6) is 0. The fraction of sp³-hybridized carbons (Fsp3) is 0.625. The highest BCUT2D eigenvalue weighted by molar-refractivity contribution is 4.64. The summed E-state index contributed by atoms with van der Waals surface area (Å²) < 4.78 is 0. The van der Waals surface area contributed by atoms with Crippen molar-refractivity contribution in [3.63, 3.8) is 0 Å². The number of H-pyrrole nitrogens is 1. The van der Waals surface area contributed by atoms with Crippen LogP contribution in [-0.2, 0) is 0 Å². The Morgan fingerprint density at radius 3 is 2.45 bits per heavy atom. The van der Waals surface area contributed by atoms with Crippen molar-refractivity contribution in [3.05, 3.63) is 18.7 Å². The Morgan fingerprint density at radius 1 is 1.45 bits per heavy atom.